The first kappa shape index (κ1) is 21.9. The number of rotatable bonds is 5. The molecule has 0 N–H and O–H groups in total. The van der Waals surface area contributed by atoms with Crippen LogP contribution >= 0.6 is 11.8 Å². The van der Waals surface area contributed by atoms with Crippen molar-refractivity contribution in [1.82, 2.24) is 18.7 Å². The molecule has 0 bridgehead atoms. The van der Waals surface area contributed by atoms with Crippen LogP contribution < -0.4 is 11.2 Å². The van der Waals surface area contributed by atoms with E-state index in [1.165, 1.54) is 35.5 Å². The number of benzene rings is 2. The zero-order chi connectivity index (χ0) is 23.0. The number of aromatic nitrogens is 4. The number of halogens is 3. The molecule has 4 aromatic rings. The van der Waals surface area contributed by atoms with Crippen molar-refractivity contribution in [3.63, 3.8) is 0 Å². The average molecular weight is 460 g/mol. The van der Waals surface area contributed by atoms with Crippen LogP contribution in [0.15, 0.2) is 69.3 Å². The summed E-state index contributed by atoms with van der Waals surface area (Å²) in [5.74, 6) is 0.256. The van der Waals surface area contributed by atoms with E-state index in [2.05, 4.69) is 4.98 Å². The molecule has 166 valence electrons. The Hall–Kier alpha value is -3.27. The van der Waals surface area contributed by atoms with Gasteiger partial charge in [-0.15, -0.1) is 0 Å². The summed E-state index contributed by atoms with van der Waals surface area (Å²) in [4.78, 5) is 28.7. The minimum atomic E-state index is -4.47. The molecule has 0 aliphatic carbocycles. The summed E-state index contributed by atoms with van der Waals surface area (Å²) in [5, 5.41) is 0.497. The van der Waals surface area contributed by atoms with Gasteiger partial charge in [0.1, 0.15) is 0 Å². The molecule has 0 unspecified atom stereocenters. The van der Waals surface area contributed by atoms with Gasteiger partial charge in [0.05, 0.1) is 23.1 Å². The first-order valence-electron chi connectivity index (χ1n) is 9.65. The van der Waals surface area contributed by atoms with Gasteiger partial charge in [-0.25, -0.2) is 9.78 Å². The summed E-state index contributed by atoms with van der Waals surface area (Å²) in [7, 11) is 2.97. The number of hydrogen-bond donors (Lipinski definition) is 0. The molecule has 0 atom stereocenters. The van der Waals surface area contributed by atoms with E-state index < -0.39 is 23.0 Å². The van der Waals surface area contributed by atoms with Crippen LogP contribution in [0.25, 0.3) is 11.0 Å². The summed E-state index contributed by atoms with van der Waals surface area (Å²) < 4.78 is 43.8. The lowest BCUT2D eigenvalue weighted by Gasteiger charge is -2.11. The van der Waals surface area contributed by atoms with Gasteiger partial charge in [-0.3, -0.25) is 13.9 Å². The predicted octanol–water partition coefficient (Wildman–Crippen LogP) is 3.79. The van der Waals surface area contributed by atoms with Crippen molar-refractivity contribution >= 4 is 22.8 Å². The highest BCUT2D eigenvalue weighted by atomic mass is 32.2. The van der Waals surface area contributed by atoms with Crippen LogP contribution in [0.5, 0.6) is 0 Å². The standard InChI is InChI=1S/C22H19F3N4O2S/c1-27-16(11-19(30)28(2)21(27)31)13-32-20-26-17-10-15(22(23,24)25)8-9-18(17)29(20)12-14-6-4-3-5-7-14/h3-11H,12-13H2,1-2H3. The van der Waals surface area contributed by atoms with Crippen LogP contribution in [0.3, 0.4) is 0 Å². The molecule has 2 heterocycles. The van der Waals surface area contributed by atoms with E-state index in [1.807, 2.05) is 34.9 Å². The Morgan fingerprint density at radius 1 is 0.969 bits per heavy atom. The fourth-order valence-electron chi connectivity index (χ4n) is 3.37. The Kier molecular flexibility index (Phi) is 5.72. The molecule has 32 heavy (non-hydrogen) atoms. The molecule has 0 saturated heterocycles. The smallest absolute Gasteiger partial charge is 0.314 e. The number of thioether (sulfide) groups is 1. The molecule has 0 aliphatic rings. The molecule has 2 aromatic carbocycles. The van der Waals surface area contributed by atoms with Crippen molar-refractivity contribution in [3.05, 3.63) is 92.3 Å². The monoisotopic (exact) mass is 460 g/mol. The van der Waals surface area contributed by atoms with Gasteiger partial charge in [-0.2, -0.15) is 13.2 Å². The maximum atomic E-state index is 13.2. The van der Waals surface area contributed by atoms with E-state index in [0.717, 1.165) is 22.3 Å². The molecule has 0 aliphatic heterocycles. The Labute approximate surface area is 184 Å². The summed E-state index contributed by atoms with van der Waals surface area (Å²) in [6.45, 7) is 0.417. The second-order valence-electron chi connectivity index (χ2n) is 7.33. The minimum Gasteiger partial charge on any atom is -0.314 e. The third-order valence-electron chi connectivity index (χ3n) is 5.20. The topological polar surface area (TPSA) is 61.8 Å². The number of hydrogen-bond acceptors (Lipinski definition) is 4. The quantitative estimate of drug-likeness (QED) is 0.425. The molecule has 2 aromatic heterocycles. The fourth-order valence-corrected chi connectivity index (χ4v) is 4.40. The fraction of sp³-hybridized carbons (Fsp3) is 0.227. The molecule has 0 saturated carbocycles. The van der Waals surface area contributed by atoms with Crippen molar-refractivity contribution in [1.29, 1.82) is 0 Å². The summed E-state index contributed by atoms with van der Waals surface area (Å²) >= 11 is 1.26. The predicted molar refractivity (Wildman–Crippen MR) is 117 cm³/mol. The molecule has 10 heteroatoms. The molecule has 0 spiro atoms. The summed E-state index contributed by atoms with van der Waals surface area (Å²) in [5.41, 5.74) is 0.641. The summed E-state index contributed by atoms with van der Waals surface area (Å²) in [6.07, 6.45) is -4.47. The maximum absolute atomic E-state index is 13.2. The van der Waals surface area contributed by atoms with E-state index in [4.69, 9.17) is 0 Å². The van der Waals surface area contributed by atoms with Gasteiger partial charge < -0.3 is 4.57 Å². The van der Waals surface area contributed by atoms with Gasteiger partial charge in [0.15, 0.2) is 5.16 Å². The van der Waals surface area contributed by atoms with E-state index >= 15 is 0 Å². The first-order chi connectivity index (χ1) is 15.1. The van der Waals surface area contributed by atoms with E-state index in [9.17, 15) is 22.8 Å². The third-order valence-corrected chi connectivity index (χ3v) is 6.21. The number of nitrogens with zero attached hydrogens (tertiary/aromatic N) is 4. The summed E-state index contributed by atoms with van der Waals surface area (Å²) in [6, 6.07) is 14.4. The van der Waals surface area contributed by atoms with Gasteiger partial charge in [0.2, 0.25) is 0 Å². The van der Waals surface area contributed by atoms with Crippen LogP contribution in [0.2, 0.25) is 0 Å². The Morgan fingerprint density at radius 2 is 1.69 bits per heavy atom. The largest absolute Gasteiger partial charge is 0.416 e. The molecule has 0 radical (unpaired) electrons. The van der Waals surface area contributed by atoms with Crippen LogP contribution in [0, 0.1) is 0 Å². The molecular weight excluding hydrogens is 441 g/mol. The van der Waals surface area contributed by atoms with Crippen molar-refractivity contribution < 1.29 is 13.2 Å². The lowest BCUT2D eigenvalue weighted by Crippen LogP contribution is -2.37. The van der Waals surface area contributed by atoms with Gasteiger partial charge >= 0.3 is 11.9 Å². The van der Waals surface area contributed by atoms with Gasteiger partial charge in [0, 0.05) is 31.6 Å². The molecule has 0 amide bonds. The Morgan fingerprint density at radius 3 is 2.38 bits per heavy atom. The van der Waals surface area contributed by atoms with Crippen molar-refractivity contribution in [2.75, 3.05) is 0 Å². The highest BCUT2D eigenvalue weighted by Gasteiger charge is 2.31. The Balaban J connectivity index is 1.76. The van der Waals surface area contributed by atoms with Crippen LogP contribution in [-0.2, 0) is 32.6 Å². The van der Waals surface area contributed by atoms with E-state index in [0.29, 0.717) is 22.9 Å². The van der Waals surface area contributed by atoms with Crippen molar-refractivity contribution in [3.8, 4) is 0 Å². The lowest BCUT2D eigenvalue weighted by atomic mass is 10.2. The minimum absolute atomic E-state index is 0.233. The number of imidazole rings is 1. The van der Waals surface area contributed by atoms with Crippen LogP contribution in [-0.4, -0.2) is 18.7 Å². The van der Waals surface area contributed by atoms with Gasteiger partial charge in [-0.05, 0) is 23.8 Å². The zero-order valence-corrected chi connectivity index (χ0v) is 18.1. The Bertz CT molecular complexity index is 1410. The molecule has 4 rings (SSSR count). The van der Waals surface area contributed by atoms with Crippen LogP contribution in [0.4, 0.5) is 13.2 Å². The maximum Gasteiger partial charge on any atom is 0.416 e. The first-order valence-corrected chi connectivity index (χ1v) is 10.6. The molecule has 6 nitrogen and oxygen atoms in total. The molecule has 0 fully saturated rings. The zero-order valence-electron chi connectivity index (χ0n) is 17.3. The van der Waals surface area contributed by atoms with E-state index in [1.54, 1.807) is 7.05 Å². The molecular formula is C22H19F3N4O2S. The highest BCUT2D eigenvalue weighted by molar-refractivity contribution is 7.98. The van der Waals surface area contributed by atoms with Gasteiger partial charge in [-0.1, -0.05) is 42.1 Å². The average Bonchev–Trinajstić information content (AvgIpc) is 3.10. The third kappa shape index (κ3) is 4.22. The van der Waals surface area contributed by atoms with Crippen molar-refractivity contribution in [2.45, 2.75) is 23.6 Å². The highest BCUT2D eigenvalue weighted by Crippen LogP contribution is 2.33. The van der Waals surface area contributed by atoms with E-state index in [-0.39, 0.29) is 11.3 Å². The van der Waals surface area contributed by atoms with Gasteiger partial charge in [0.25, 0.3) is 5.56 Å². The number of alkyl halides is 3. The normalized spacial score (nSPS) is 11.9. The SMILES string of the molecule is Cn1c(CSc2nc3cc(C(F)(F)F)ccc3n2Cc2ccccc2)cc(=O)n(C)c1=O. The lowest BCUT2D eigenvalue weighted by molar-refractivity contribution is -0.137. The van der Waals surface area contributed by atoms with Crippen molar-refractivity contribution in [2.24, 2.45) is 14.1 Å². The second-order valence-corrected chi connectivity index (χ2v) is 8.27. The second kappa shape index (κ2) is 8.34. The van der Waals surface area contributed by atoms with Crippen LogP contribution in [0.1, 0.15) is 16.8 Å². The number of fused-ring (bicyclic) bond motifs is 1.